The van der Waals surface area contributed by atoms with E-state index in [-0.39, 0.29) is 12.5 Å². The zero-order valence-electron chi connectivity index (χ0n) is 14.5. The minimum atomic E-state index is -1.02. The number of amides is 1. The van der Waals surface area contributed by atoms with Crippen LogP contribution in [-0.4, -0.2) is 41.8 Å². The molecule has 136 valence electrons. The molecule has 2 aromatic rings. The maximum Gasteiger partial charge on any atom is 0.410 e. The molecule has 1 saturated heterocycles. The highest BCUT2D eigenvalue weighted by atomic mass is 16.6. The normalized spacial score (nSPS) is 19.2. The van der Waals surface area contributed by atoms with Gasteiger partial charge >= 0.3 is 12.1 Å². The highest BCUT2D eigenvalue weighted by Gasteiger charge is 2.41. The van der Waals surface area contributed by atoms with Gasteiger partial charge in [-0.3, -0.25) is 4.90 Å². The van der Waals surface area contributed by atoms with E-state index in [4.69, 9.17) is 9.47 Å². The van der Waals surface area contributed by atoms with Crippen LogP contribution >= 0.6 is 0 Å². The Kier molecular flexibility index (Phi) is 5.41. The molecule has 2 atom stereocenters. The first kappa shape index (κ1) is 17.8. The summed E-state index contributed by atoms with van der Waals surface area (Å²) >= 11 is 0. The largest absolute Gasteiger partial charge is 0.497 e. The molecule has 1 aliphatic rings. The monoisotopic (exact) mass is 355 g/mol. The molecule has 1 N–H and O–H groups in total. The molecule has 0 aliphatic carbocycles. The number of hydrogen-bond donors (Lipinski definition) is 1. The summed E-state index contributed by atoms with van der Waals surface area (Å²) in [6, 6.07) is 15.9. The topological polar surface area (TPSA) is 76.1 Å². The molecule has 6 nitrogen and oxygen atoms in total. The van der Waals surface area contributed by atoms with E-state index in [9.17, 15) is 14.7 Å². The van der Waals surface area contributed by atoms with Gasteiger partial charge in [0.2, 0.25) is 0 Å². The Balaban J connectivity index is 1.68. The number of aliphatic carboxylic acids is 1. The molecule has 1 amide bonds. The van der Waals surface area contributed by atoms with E-state index in [2.05, 4.69) is 0 Å². The Morgan fingerprint density at radius 3 is 2.42 bits per heavy atom. The van der Waals surface area contributed by atoms with Gasteiger partial charge in [-0.2, -0.15) is 0 Å². The van der Waals surface area contributed by atoms with Crippen LogP contribution in [0.15, 0.2) is 54.6 Å². The van der Waals surface area contributed by atoms with Gasteiger partial charge in [-0.1, -0.05) is 42.5 Å². The standard InChI is InChI=1S/C20H21NO5/c1-25-17-9-7-15(8-10-17)16-11-18(19(22)23)21(12-16)20(24)26-13-14-5-3-2-4-6-14/h2-10,16,18H,11-13H2,1H3,(H,22,23)/t16-,18+/m1/s1. The van der Waals surface area contributed by atoms with E-state index in [1.807, 2.05) is 54.6 Å². The summed E-state index contributed by atoms with van der Waals surface area (Å²) in [7, 11) is 1.59. The Morgan fingerprint density at radius 1 is 1.12 bits per heavy atom. The SMILES string of the molecule is COc1ccc([C@@H]2C[C@@H](C(=O)O)N(C(=O)OCc3ccccc3)C2)cc1. The van der Waals surface area contributed by atoms with Gasteiger partial charge in [0.15, 0.2) is 0 Å². The average Bonchev–Trinajstić information content (AvgIpc) is 3.13. The van der Waals surface area contributed by atoms with Crippen LogP contribution in [0.3, 0.4) is 0 Å². The second-order valence-corrected chi connectivity index (χ2v) is 6.25. The van der Waals surface area contributed by atoms with Crippen molar-refractivity contribution in [1.82, 2.24) is 4.90 Å². The summed E-state index contributed by atoms with van der Waals surface area (Å²) in [5.74, 6) is -0.329. The molecule has 0 aromatic heterocycles. The van der Waals surface area contributed by atoms with Crippen molar-refractivity contribution in [2.45, 2.75) is 25.0 Å². The molecule has 0 unspecified atom stereocenters. The zero-order valence-corrected chi connectivity index (χ0v) is 14.5. The van der Waals surface area contributed by atoms with Crippen LogP contribution in [0.25, 0.3) is 0 Å². The van der Waals surface area contributed by atoms with Crippen LogP contribution in [-0.2, 0) is 16.1 Å². The average molecular weight is 355 g/mol. The van der Waals surface area contributed by atoms with Crippen molar-refractivity contribution in [3.63, 3.8) is 0 Å². The fraction of sp³-hybridized carbons (Fsp3) is 0.300. The van der Waals surface area contributed by atoms with Crippen molar-refractivity contribution in [3.8, 4) is 5.75 Å². The lowest BCUT2D eigenvalue weighted by molar-refractivity contribution is -0.141. The van der Waals surface area contributed by atoms with Crippen molar-refractivity contribution in [2.24, 2.45) is 0 Å². The molecule has 1 fully saturated rings. The Hall–Kier alpha value is -3.02. The molecular weight excluding hydrogens is 334 g/mol. The maximum atomic E-state index is 12.4. The minimum absolute atomic E-state index is 0.0497. The second-order valence-electron chi connectivity index (χ2n) is 6.25. The Labute approximate surface area is 152 Å². The number of carbonyl (C=O) groups excluding carboxylic acids is 1. The summed E-state index contributed by atoms with van der Waals surface area (Å²) in [5.41, 5.74) is 1.84. The quantitative estimate of drug-likeness (QED) is 0.891. The lowest BCUT2D eigenvalue weighted by atomic mass is 9.96. The predicted molar refractivity (Wildman–Crippen MR) is 95.1 cm³/mol. The number of rotatable bonds is 5. The Morgan fingerprint density at radius 2 is 1.81 bits per heavy atom. The molecule has 0 radical (unpaired) electrons. The molecule has 0 saturated carbocycles. The van der Waals surface area contributed by atoms with E-state index in [0.717, 1.165) is 16.9 Å². The Bertz CT molecular complexity index is 760. The first-order valence-corrected chi connectivity index (χ1v) is 8.42. The van der Waals surface area contributed by atoms with E-state index >= 15 is 0 Å². The van der Waals surface area contributed by atoms with E-state index < -0.39 is 18.1 Å². The first-order valence-electron chi connectivity index (χ1n) is 8.42. The number of carbonyl (C=O) groups is 2. The van der Waals surface area contributed by atoms with Gasteiger partial charge in [0.05, 0.1) is 7.11 Å². The number of hydrogen-bond acceptors (Lipinski definition) is 4. The molecule has 26 heavy (non-hydrogen) atoms. The lowest BCUT2D eigenvalue weighted by Crippen LogP contribution is -2.40. The van der Waals surface area contributed by atoms with Gasteiger partial charge in [0, 0.05) is 12.5 Å². The molecule has 1 heterocycles. The van der Waals surface area contributed by atoms with Gasteiger partial charge in [0.1, 0.15) is 18.4 Å². The fourth-order valence-electron chi connectivity index (χ4n) is 3.19. The molecule has 1 aliphatic heterocycles. The second kappa shape index (κ2) is 7.91. The van der Waals surface area contributed by atoms with Crippen LogP contribution in [0.4, 0.5) is 4.79 Å². The van der Waals surface area contributed by atoms with Crippen LogP contribution in [0, 0.1) is 0 Å². The number of methoxy groups -OCH3 is 1. The summed E-state index contributed by atoms with van der Waals surface area (Å²) in [6.07, 6.45) is -0.237. The minimum Gasteiger partial charge on any atom is -0.497 e. The third kappa shape index (κ3) is 3.96. The van der Waals surface area contributed by atoms with Gasteiger partial charge in [-0.15, -0.1) is 0 Å². The third-order valence-corrected chi connectivity index (χ3v) is 4.61. The predicted octanol–water partition coefficient (Wildman–Crippen LogP) is 3.27. The van der Waals surface area contributed by atoms with E-state index in [1.54, 1.807) is 7.11 Å². The van der Waals surface area contributed by atoms with Crippen LogP contribution < -0.4 is 4.74 Å². The van der Waals surface area contributed by atoms with Crippen molar-refractivity contribution in [3.05, 3.63) is 65.7 Å². The molecule has 3 rings (SSSR count). The first-order chi connectivity index (χ1) is 12.6. The molecule has 2 aromatic carbocycles. The maximum absolute atomic E-state index is 12.4. The third-order valence-electron chi connectivity index (χ3n) is 4.61. The van der Waals surface area contributed by atoms with Crippen molar-refractivity contribution < 1.29 is 24.2 Å². The smallest absolute Gasteiger partial charge is 0.410 e. The number of carboxylic acid groups (broad SMARTS) is 1. The van der Waals surface area contributed by atoms with Gasteiger partial charge < -0.3 is 14.6 Å². The van der Waals surface area contributed by atoms with Crippen LogP contribution in [0.1, 0.15) is 23.5 Å². The number of benzene rings is 2. The summed E-state index contributed by atoms with van der Waals surface area (Å²) in [5, 5.41) is 9.50. The lowest BCUT2D eigenvalue weighted by Gasteiger charge is -2.20. The molecular formula is C20H21NO5. The number of ether oxygens (including phenoxy) is 2. The highest BCUT2D eigenvalue weighted by Crippen LogP contribution is 2.33. The number of likely N-dealkylation sites (tertiary alicyclic amines) is 1. The molecule has 6 heteroatoms. The van der Waals surface area contributed by atoms with Crippen molar-refractivity contribution in [2.75, 3.05) is 13.7 Å². The zero-order chi connectivity index (χ0) is 18.5. The van der Waals surface area contributed by atoms with Crippen LogP contribution in [0.2, 0.25) is 0 Å². The fourth-order valence-corrected chi connectivity index (χ4v) is 3.19. The number of nitrogens with zero attached hydrogens (tertiary/aromatic N) is 1. The van der Waals surface area contributed by atoms with Crippen molar-refractivity contribution >= 4 is 12.1 Å². The number of carboxylic acids is 1. The van der Waals surface area contributed by atoms with E-state index in [1.165, 1.54) is 4.90 Å². The molecule has 0 spiro atoms. The highest BCUT2D eigenvalue weighted by molar-refractivity contribution is 5.81. The van der Waals surface area contributed by atoms with Gasteiger partial charge in [-0.05, 0) is 29.7 Å². The van der Waals surface area contributed by atoms with E-state index in [0.29, 0.717) is 13.0 Å². The molecule has 0 bridgehead atoms. The van der Waals surface area contributed by atoms with Crippen molar-refractivity contribution in [1.29, 1.82) is 0 Å². The van der Waals surface area contributed by atoms with Crippen LogP contribution in [0.5, 0.6) is 5.75 Å². The summed E-state index contributed by atoms with van der Waals surface area (Å²) in [4.78, 5) is 25.3. The summed E-state index contributed by atoms with van der Waals surface area (Å²) < 4.78 is 10.5. The van der Waals surface area contributed by atoms with Gasteiger partial charge in [-0.25, -0.2) is 9.59 Å². The van der Waals surface area contributed by atoms with Gasteiger partial charge in [0.25, 0.3) is 0 Å². The summed E-state index contributed by atoms with van der Waals surface area (Å²) in [6.45, 7) is 0.437.